The first kappa shape index (κ1) is 16.3. The molecule has 2 aromatic carbocycles. The van der Waals surface area contributed by atoms with Crippen LogP contribution in [0, 0.1) is 0 Å². The Morgan fingerprint density at radius 3 is 1.00 bits per heavy atom. The summed E-state index contributed by atoms with van der Waals surface area (Å²) >= 11 is 36.1. The molecule has 0 saturated carbocycles. The lowest BCUT2D eigenvalue weighted by molar-refractivity contribution is 1.63. The van der Waals surface area contributed by atoms with Gasteiger partial charge in [0.15, 0.2) is 0 Å². The van der Waals surface area contributed by atoms with Crippen molar-refractivity contribution in [3.63, 3.8) is 0 Å². The van der Waals surface area contributed by atoms with Gasteiger partial charge in [0.05, 0.1) is 20.1 Å². The molecule has 0 heterocycles. The second kappa shape index (κ2) is 6.79. The van der Waals surface area contributed by atoms with Crippen molar-refractivity contribution in [1.29, 1.82) is 0 Å². The van der Waals surface area contributed by atoms with Gasteiger partial charge in [0.25, 0.3) is 0 Å². The Kier molecular flexibility index (Phi) is 5.53. The largest absolute Gasteiger partial charge is 0.0842 e. The Balaban J connectivity index is 2.45. The van der Waals surface area contributed by atoms with Crippen molar-refractivity contribution in [2.45, 2.75) is 0 Å². The molecule has 0 atom stereocenters. The Morgan fingerprint density at radius 2 is 0.750 bits per heavy atom. The van der Waals surface area contributed by atoms with E-state index in [1.54, 1.807) is 36.4 Å². The van der Waals surface area contributed by atoms with Gasteiger partial charge in [-0.05, 0) is 24.3 Å². The molecule has 2 aromatic rings. The van der Waals surface area contributed by atoms with Gasteiger partial charge in [0, 0.05) is 21.2 Å². The first-order valence-electron chi connectivity index (χ1n) is 5.35. The molecule has 0 radical (unpaired) electrons. The molecule has 2 rings (SSSR count). The van der Waals surface area contributed by atoms with Gasteiger partial charge < -0.3 is 0 Å². The third kappa shape index (κ3) is 3.76. The number of rotatable bonds is 2. The van der Waals surface area contributed by atoms with Crippen LogP contribution < -0.4 is 0 Å². The van der Waals surface area contributed by atoms with E-state index in [2.05, 4.69) is 0 Å². The van der Waals surface area contributed by atoms with Gasteiger partial charge in [0.2, 0.25) is 0 Å². The molecule has 0 unspecified atom stereocenters. The molecule has 0 aliphatic carbocycles. The average molecular weight is 387 g/mol. The molecule has 0 aliphatic heterocycles. The Hall–Kier alpha value is -0.0800. The monoisotopic (exact) mass is 384 g/mol. The second-order valence-corrected chi connectivity index (χ2v) is 6.40. The van der Waals surface area contributed by atoms with Gasteiger partial charge in [-0.3, -0.25) is 0 Å². The molecular formula is C14H6Cl6. The fourth-order valence-electron chi connectivity index (χ4n) is 1.59. The van der Waals surface area contributed by atoms with Crippen molar-refractivity contribution >= 4 is 81.8 Å². The van der Waals surface area contributed by atoms with Crippen LogP contribution >= 0.6 is 69.6 Å². The van der Waals surface area contributed by atoms with Crippen molar-refractivity contribution in [2.75, 3.05) is 0 Å². The number of halogens is 6. The summed E-state index contributed by atoms with van der Waals surface area (Å²) in [6.07, 6.45) is 3.45. The van der Waals surface area contributed by atoms with E-state index in [1.807, 2.05) is 0 Å². The summed E-state index contributed by atoms with van der Waals surface area (Å²) in [7, 11) is 0. The zero-order chi connectivity index (χ0) is 14.9. The van der Waals surface area contributed by atoms with E-state index in [0.717, 1.165) is 0 Å². The van der Waals surface area contributed by atoms with E-state index in [0.29, 0.717) is 41.3 Å². The Labute approximate surface area is 146 Å². The maximum atomic E-state index is 6.10. The summed E-state index contributed by atoms with van der Waals surface area (Å²) in [5.41, 5.74) is 1.28. The third-order valence-corrected chi connectivity index (χ3v) is 4.19. The highest BCUT2D eigenvalue weighted by Gasteiger charge is 2.07. The molecule has 0 fully saturated rings. The van der Waals surface area contributed by atoms with Crippen LogP contribution in [-0.2, 0) is 0 Å². The summed E-state index contributed by atoms with van der Waals surface area (Å²) in [6.45, 7) is 0. The summed E-state index contributed by atoms with van der Waals surface area (Å²) in [5.74, 6) is 0. The minimum absolute atomic E-state index is 0.444. The van der Waals surface area contributed by atoms with E-state index in [-0.39, 0.29) is 0 Å². The molecule has 0 amide bonds. The van der Waals surface area contributed by atoms with Crippen molar-refractivity contribution in [1.82, 2.24) is 0 Å². The maximum Gasteiger partial charge on any atom is 0.0508 e. The number of benzene rings is 2. The quantitative estimate of drug-likeness (QED) is 0.462. The lowest BCUT2D eigenvalue weighted by atomic mass is 10.1. The van der Waals surface area contributed by atoms with E-state index >= 15 is 0 Å². The standard InChI is InChI=1S/C14H6Cl6/c15-7-3-11(17)9(12(18)4-7)1-2-10-13(19)5-8(16)6-14(10)20/h1-6H/b2-1+. The van der Waals surface area contributed by atoms with Gasteiger partial charge in [-0.15, -0.1) is 0 Å². The van der Waals surface area contributed by atoms with Crippen molar-refractivity contribution < 1.29 is 0 Å². The fraction of sp³-hybridized carbons (Fsp3) is 0. The molecule has 0 spiro atoms. The summed E-state index contributed by atoms with van der Waals surface area (Å²) in [5, 5.41) is 2.72. The lowest BCUT2D eigenvalue weighted by Gasteiger charge is -2.05. The summed E-state index contributed by atoms with van der Waals surface area (Å²) in [4.78, 5) is 0. The molecule has 0 aliphatic rings. The molecule has 0 aromatic heterocycles. The number of hydrogen-bond acceptors (Lipinski definition) is 0. The van der Waals surface area contributed by atoms with Crippen molar-refractivity contribution in [3.05, 3.63) is 65.5 Å². The van der Waals surface area contributed by atoms with E-state index in [9.17, 15) is 0 Å². The zero-order valence-corrected chi connectivity index (χ0v) is 14.3. The smallest absolute Gasteiger partial charge is 0.0508 e. The normalized spacial score (nSPS) is 11.3. The van der Waals surface area contributed by atoms with Crippen LogP contribution in [0.2, 0.25) is 30.1 Å². The average Bonchev–Trinajstić information content (AvgIpc) is 2.30. The SMILES string of the molecule is Clc1cc(Cl)c(/C=C/c2c(Cl)cc(Cl)cc2Cl)c(Cl)c1. The molecule has 20 heavy (non-hydrogen) atoms. The molecule has 0 N–H and O–H groups in total. The van der Waals surface area contributed by atoms with Crippen LogP contribution in [0.5, 0.6) is 0 Å². The Bertz CT molecular complexity index is 585. The third-order valence-electron chi connectivity index (χ3n) is 2.50. The molecule has 104 valence electrons. The van der Waals surface area contributed by atoms with E-state index in [4.69, 9.17) is 69.6 Å². The topological polar surface area (TPSA) is 0 Å². The van der Waals surface area contributed by atoms with Gasteiger partial charge in [0.1, 0.15) is 0 Å². The van der Waals surface area contributed by atoms with Gasteiger partial charge in [-0.25, -0.2) is 0 Å². The summed E-state index contributed by atoms with van der Waals surface area (Å²) < 4.78 is 0. The van der Waals surface area contributed by atoms with Gasteiger partial charge >= 0.3 is 0 Å². The van der Waals surface area contributed by atoms with Crippen LogP contribution in [0.3, 0.4) is 0 Å². The minimum atomic E-state index is 0.444. The van der Waals surface area contributed by atoms with Crippen LogP contribution in [-0.4, -0.2) is 0 Å². The van der Waals surface area contributed by atoms with Crippen LogP contribution in [0.1, 0.15) is 11.1 Å². The van der Waals surface area contributed by atoms with Crippen molar-refractivity contribution in [2.24, 2.45) is 0 Å². The molecule has 0 bridgehead atoms. The lowest BCUT2D eigenvalue weighted by Crippen LogP contribution is -1.81. The molecule has 0 nitrogen and oxygen atoms in total. The molecule has 0 saturated heterocycles. The first-order valence-corrected chi connectivity index (χ1v) is 7.62. The van der Waals surface area contributed by atoms with Crippen molar-refractivity contribution in [3.8, 4) is 0 Å². The molecular weight excluding hydrogens is 381 g/mol. The highest BCUT2D eigenvalue weighted by atomic mass is 35.5. The summed E-state index contributed by atoms with van der Waals surface area (Å²) in [6, 6.07) is 6.44. The predicted octanol–water partition coefficient (Wildman–Crippen LogP) is 7.78. The number of hydrogen-bond donors (Lipinski definition) is 0. The molecule has 6 heteroatoms. The fourth-order valence-corrected chi connectivity index (χ4v) is 3.48. The van der Waals surface area contributed by atoms with Crippen LogP contribution in [0.4, 0.5) is 0 Å². The van der Waals surface area contributed by atoms with Crippen LogP contribution in [0.15, 0.2) is 24.3 Å². The predicted molar refractivity (Wildman–Crippen MR) is 91.9 cm³/mol. The maximum absolute atomic E-state index is 6.10. The van der Waals surface area contributed by atoms with E-state index in [1.165, 1.54) is 0 Å². The van der Waals surface area contributed by atoms with Crippen LogP contribution in [0.25, 0.3) is 12.2 Å². The zero-order valence-electron chi connectivity index (χ0n) is 9.73. The van der Waals surface area contributed by atoms with Gasteiger partial charge in [-0.2, -0.15) is 0 Å². The highest BCUT2D eigenvalue weighted by Crippen LogP contribution is 2.33. The first-order chi connectivity index (χ1) is 9.38. The second-order valence-electron chi connectivity index (χ2n) is 3.90. The minimum Gasteiger partial charge on any atom is -0.0842 e. The van der Waals surface area contributed by atoms with E-state index < -0.39 is 0 Å². The highest BCUT2D eigenvalue weighted by molar-refractivity contribution is 6.41. The van der Waals surface area contributed by atoms with Gasteiger partial charge in [-0.1, -0.05) is 81.8 Å². The Morgan fingerprint density at radius 1 is 0.500 bits per heavy atom.